The van der Waals surface area contributed by atoms with Crippen LogP contribution in [-0.2, 0) is 4.74 Å². The number of hydrogen-bond donors (Lipinski definition) is 0. The molecule has 2 aliphatic heterocycles. The molecule has 5 heteroatoms. The van der Waals surface area contributed by atoms with Crippen LogP contribution in [0.5, 0.6) is 0 Å². The van der Waals surface area contributed by atoms with Gasteiger partial charge >= 0.3 is 0 Å². The molecule has 2 fully saturated rings. The second-order valence-electron chi connectivity index (χ2n) is 6.49. The summed E-state index contributed by atoms with van der Waals surface area (Å²) in [6.45, 7) is 9.77. The van der Waals surface area contributed by atoms with Gasteiger partial charge in [-0.25, -0.2) is 4.98 Å². The highest BCUT2D eigenvalue weighted by atomic mass is 16.5. The van der Waals surface area contributed by atoms with Crippen LogP contribution in [0, 0.1) is 5.92 Å². The minimum absolute atomic E-state index is 0.374. The van der Waals surface area contributed by atoms with Crippen LogP contribution >= 0.6 is 0 Å². The minimum atomic E-state index is 0.374. The highest BCUT2D eigenvalue weighted by molar-refractivity contribution is 5.35. The maximum atomic E-state index is 6.05. The van der Waals surface area contributed by atoms with Crippen molar-refractivity contribution < 1.29 is 4.74 Å². The largest absolute Gasteiger partial charge is 0.375 e. The van der Waals surface area contributed by atoms with Gasteiger partial charge in [-0.2, -0.15) is 0 Å². The number of rotatable bonds is 3. The number of aromatic nitrogens is 2. The van der Waals surface area contributed by atoms with Crippen molar-refractivity contribution in [2.24, 2.45) is 5.92 Å². The second-order valence-corrected chi connectivity index (χ2v) is 6.49. The van der Waals surface area contributed by atoms with Gasteiger partial charge in [0.25, 0.3) is 0 Å². The predicted molar refractivity (Wildman–Crippen MR) is 83.4 cm³/mol. The Balaban J connectivity index is 1.68. The lowest BCUT2D eigenvalue weighted by molar-refractivity contribution is -0.0744. The maximum absolute atomic E-state index is 6.05. The third-order valence-electron chi connectivity index (χ3n) is 4.46. The number of nitrogens with zero attached hydrogens (tertiary/aromatic N) is 4. The molecule has 3 heterocycles. The SMILES string of the molecule is CC(C)CN1CCO[C@H]2CCN(c3cnccn3)CC[C@@H]21. The molecule has 0 spiro atoms. The van der Waals surface area contributed by atoms with E-state index in [1.54, 1.807) is 12.4 Å². The summed E-state index contributed by atoms with van der Waals surface area (Å²) in [5, 5.41) is 0. The van der Waals surface area contributed by atoms with Gasteiger partial charge < -0.3 is 9.64 Å². The highest BCUT2D eigenvalue weighted by Crippen LogP contribution is 2.26. The van der Waals surface area contributed by atoms with Crippen molar-refractivity contribution in [2.45, 2.75) is 38.8 Å². The van der Waals surface area contributed by atoms with E-state index in [-0.39, 0.29) is 0 Å². The summed E-state index contributed by atoms with van der Waals surface area (Å²) in [6, 6.07) is 0.558. The third kappa shape index (κ3) is 3.52. The molecule has 2 aliphatic rings. The zero-order chi connectivity index (χ0) is 14.7. The summed E-state index contributed by atoms with van der Waals surface area (Å²) in [5.41, 5.74) is 0. The summed E-state index contributed by atoms with van der Waals surface area (Å²) >= 11 is 0. The molecule has 1 aromatic rings. The molecule has 3 rings (SSSR count). The van der Waals surface area contributed by atoms with Gasteiger partial charge in [0.15, 0.2) is 0 Å². The standard InChI is InChI=1S/C16H26N4O/c1-13(2)12-20-9-10-21-15-4-8-19(7-3-14(15)20)16-11-17-5-6-18-16/h5-6,11,13-15H,3-4,7-10,12H2,1-2H3/t14-,15-/m0/s1. The molecule has 1 aromatic heterocycles. The predicted octanol–water partition coefficient (Wildman–Crippen LogP) is 1.80. The Morgan fingerprint density at radius 3 is 2.86 bits per heavy atom. The molecule has 0 N–H and O–H groups in total. The van der Waals surface area contributed by atoms with Gasteiger partial charge in [-0.05, 0) is 18.8 Å². The quantitative estimate of drug-likeness (QED) is 0.849. The smallest absolute Gasteiger partial charge is 0.147 e. The molecular formula is C16H26N4O. The molecule has 21 heavy (non-hydrogen) atoms. The molecule has 2 atom stereocenters. The zero-order valence-electron chi connectivity index (χ0n) is 13.1. The van der Waals surface area contributed by atoms with E-state index in [1.165, 1.54) is 6.54 Å². The Kier molecular flexibility index (Phi) is 4.70. The van der Waals surface area contributed by atoms with Gasteiger partial charge in [-0.3, -0.25) is 9.88 Å². The number of morpholine rings is 1. The van der Waals surface area contributed by atoms with Crippen LogP contribution in [0.25, 0.3) is 0 Å². The Labute approximate surface area is 127 Å². The maximum Gasteiger partial charge on any atom is 0.147 e. The first-order valence-corrected chi connectivity index (χ1v) is 8.10. The van der Waals surface area contributed by atoms with Crippen molar-refractivity contribution >= 4 is 5.82 Å². The first-order valence-electron chi connectivity index (χ1n) is 8.10. The van der Waals surface area contributed by atoms with E-state index >= 15 is 0 Å². The van der Waals surface area contributed by atoms with E-state index in [2.05, 4.69) is 33.6 Å². The molecule has 116 valence electrons. The molecule has 2 saturated heterocycles. The zero-order valence-corrected chi connectivity index (χ0v) is 13.1. The number of fused-ring (bicyclic) bond motifs is 1. The van der Waals surface area contributed by atoms with E-state index in [0.717, 1.165) is 44.9 Å². The number of anilines is 1. The van der Waals surface area contributed by atoms with Gasteiger partial charge in [-0.15, -0.1) is 0 Å². The van der Waals surface area contributed by atoms with Gasteiger partial charge in [0.2, 0.25) is 0 Å². The fraction of sp³-hybridized carbons (Fsp3) is 0.750. The lowest BCUT2D eigenvalue weighted by atomic mass is 10.0. The minimum Gasteiger partial charge on any atom is -0.375 e. The summed E-state index contributed by atoms with van der Waals surface area (Å²) in [5.74, 6) is 1.70. The molecule has 0 bridgehead atoms. The lowest BCUT2D eigenvalue weighted by Gasteiger charge is -2.41. The lowest BCUT2D eigenvalue weighted by Crippen LogP contribution is -2.52. The van der Waals surface area contributed by atoms with Crippen LogP contribution in [0.2, 0.25) is 0 Å². The topological polar surface area (TPSA) is 41.5 Å². The van der Waals surface area contributed by atoms with Crippen molar-refractivity contribution in [1.29, 1.82) is 0 Å². The summed E-state index contributed by atoms with van der Waals surface area (Å²) < 4.78 is 6.05. The van der Waals surface area contributed by atoms with Crippen molar-refractivity contribution in [3.05, 3.63) is 18.6 Å². The Hall–Kier alpha value is -1.20. The van der Waals surface area contributed by atoms with E-state index in [9.17, 15) is 0 Å². The molecule has 0 amide bonds. The normalized spacial score (nSPS) is 27.5. The van der Waals surface area contributed by atoms with Crippen LogP contribution in [0.4, 0.5) is 5.82 Å². The monoisotopic (exact) mass is 290 g/mol. The van der Waals surface area contributed by atoms with Gasteiger partial charge in [-0.1, -0.05) is 13.8 Å². The van der Waals surface area contributed by atoms with Crippen LogP contribution in [-0.4, -0.2) is 59.8 Å². The Bertz CT molecular complexity index is 439. The molecule has 5 nitrogen and oxygen atoms in total. The average molecular weight is 290 g/mol. The molecule has 0 unspecified atom stereocenters. The van der Waals surface area contributed by atoms with Gasteiger partial charge in [0.1, 0.15) is 5.82 Å². The first-order chi connectivity index (χ1) is 10.2. The fourth-order valence-corrected chi connectivity index (χ4v) is 3.54. The molecule has 0 saturated carbocycles. The van der Waals surface area contributed by atoms with Crippen molar-refractivity contribution in [3.8, 4) is 0 Å². The highest BCUT2D eigenvalue weighted by Gasteiger charge is 2.34. The van der Waals surface area contributed by atoms with E-state index in [0.29, 0.717) is 18.1 Å². The molecule has 0 radical (unpaired) electrons. The fourth-order valence-electron chi connectivity index (χ4n) is 3.54. The Morgan fingerprint density at radius 2 is 2.10 bits per heavy atom. The Morgan fingerprint density at radius 1 is 1.24 bits per heavy atom. The van der Waals surface area contributed by atoms with E-state index in [1.807, 2.05) is 6.20 Å². The first kappa shape index (κ1) is 14.7. The van der Waals surface area contributed by atoms with Crippen molar-refractivity contribution in [2.75, 3.05) is 37.7 Å². The number of ether oxygens (including phenoxy) is 1. The van der Waals surface area contributed by atoms with Crippen LogP contribution in [0.3, 0.4) is 0 Å². The summed E-state index contributed by atoms with van der Waals surface area (Å²) in [4.78, 5) is 13.6. The molecular weight excluding hydrogens is 264 g/mol. The van der Waals surface area contributed by atoms with Crippen LogP contribution in [0.1, 0.15) is 26.7 Å². The molecule has 0 aromatic carbocycles. The third-order valence-corrected chi connectivity index (χ3v) is 4.46. The van der Waals surface area contributed by atoms with Crippen LogP contribution < -0.4 is 4.90 Å². The van der Waals surface area contributed by atoms with Gasteiger partial charge in [0.05, 0.1) is 18.9 Å². The summed E-state index contributed by atoms with van der Waals surface area (Å²) in [7, 11) is 0. The second kappa shape index (κ2) is 6.71. The van der Waals surface area contributed by atoms with Gasteiger partial charge in [0, 0.05) is 44.6 Å². The number of hydrogen-bond acceptors (Lipinski definition) is 5. The summed E-state index contributed by atoms with van der Waals surface area (Å²) in [6.07, 6.45) is 7.97. The van der Waals surface area contributed by atoms with Crippen molar-refractivity contribution in [3.63, 3.8) is 0 Å². The van der Waals surface area contributed by atoms with E-state index in [4.69, 9.17) is 4.74 Å². The van der Waals surface area contributed by atoms with E-state index < -0.39 is 0 Å². The van der Waals surface area contributed by atoms with Crippen LogP contribution in [0.15, 0.2) is 18.6 Å². The molecule has 0 aliphatic carbocycles. The van der Waals surface area contributed by atoms with Crippen molar-refractivity contribution in [1.82, 2.24) is 14.9 Å². The average Bonchev–Trinajstić information content (AvgIpc) is 2.71.